The van der Waals surface area contributed by atoms with E-state index in [9.17, 15) is 10.5 Å². The normalized spacial score (nSPS) is 18.3. The summed E-state index contributed by atoms with van der Waals surface area (Å²) in [5.74, 6) is 1.25. The molecule has 1 aliphatic rings. The van der Waals surface area contributed by atoms with Crippen molar-refractivity contribution < 1.29 is 0 Å². The predicted molar refractivity (Wildman–Crippen MR) is 129 cm³/mol. The predicted octanol–water partition coefficient (Wildman–Crippen LogP) is 8.29. The van der Waals surface area contributed by atoms with E-state index in [4.69, 9.17) is 0 Å². The van der Waals surface area contributed by atoms with Crippen LogP contribution in [0.25, 0.3) is 11.1 Å². The van der Waals surface area contributed by atoms with Crippen LogP contribution in [0.3, 0.4) is 0 Å². The zero-order valence-electron chi connectivity index (χ0n) is 19.3. The second kappa shape index (κ2) is 11.7. The molecule has 2 heteroatoms. The van der Waals surface area contributed by atoms with Crippen molar-refractivity contribution in [2.75, 3.05) is 0 Å². The third-order valence-corrected chi connectivity index (χ3v) is 7.03. The Morgan fingerprint density at radius 3 is 2.10 bits per heavy atom. The van der Waals surface area contributed by atoms with Gasteiger partial charge in [-0.2, -0.15) is 10.5 Å². The van der Waals surface area contributed by atoms with E-state index < -0.39 is 0 Å². The molecule has 0 aromatic heterocycles. The summed E-state index contributed by atoms with van der Waals surface area (Å²) in [4.78, 5) is 0. The van der Waals surface area contributed by atoms with E-state index in [-0.39, 0.29) is 0 Å². The Hall–Kier alpha value is -2.58. The van der Waals surface area contributed by atoms with Crippen molar-refractivity contribution in [3.05, 3.63) is 58.7 Å². The highest BCUT2D eigenvalue weighted by molar-refractivity contribution is 5.75. The van der Waals surface area contributed by atoms with E-state index in [2.05, 4.69) is 62.4 Å². The van der Waals surface area contributed by atoms with E-state index in [0.717, 1.165) is 41.9 Å². The molecule has 1 aliphatic carbocycles. The van der Waals surface area contributed by atoms with E-state index >= 15 is 0 Å². The van der Waals surface area contributed by atoms with Gasteiger partial charge in [0.1, 0.15) is 12.1 Å². The summed E-state index contributed by atoms with van der Waals surface area (Å²) in [5.41, 5.74) is 5.50. The van der Waals surface area contributed by atoms with Crippen LogP contribution in [-0.2, 0) is 6.42 Å². The van der Waals surface area contributed by atoms with Gasteiger partial charge in [-0.1, -0.05) is 82.3 Å². The van der Waals surface area contributed by atoms with Crippen molar-refractivity contribution in [1.29, 1.82) is 10.5 Å². The maximum atomic E-state index is 9.95. The fraction of sp³-hybridized carbons (Fsp3) is 0.517. The Morgan fingerprint density at radius 1 is 0.774 bits per heavy atom. The van der Waals surface area contributed by atoms with Crippen molar-refractivity contribution in [1.82, 2.24) is 0 Å². The summed E-state index contributed by atoms with van der Waals surface area (Å²) in [7, 11) is 0. The van der Waals surface area contributed by atoms with Gasteiger partial charge in [0.2, 0.25) is 0 Å². The Labute approximate surface area is 188 Å². The molecule has 0 radical (unpaired) electrons. The molecular formula is C29H36N2. The van der Waals surface area contributed by atoms with Gasteiger partial charge in [-0.15, -0.1) is 0 Å². The molecule has 0 unspecified atom stereocenters. The molecule has 0 amide bonds. The highest BCUT2D eigenvalue weighted by Gasteiger charge is 2.26. The van der Waals surface area contributed by atoms with Gasteiger partial charge < -0.3 is 0 Å². The lowest BCUT2D eigenvalue weighted by atomic mass is 9.75. The van der Waals surface area contributed by atoms with Crippen LogP contribution in [0.1, 0.15) is 106 Å². The molecule has 2 nitrogen and oxygen atoms in total. The fourth-order valence-corrected chi connectivity index (χ4v) is 5.21. The van der Waals surface area contributed by atoms with Crippen molar-refractivity contribution in [3.8, 4) is 23.3 Å². The Balaban J connectivity index is 1.80. The van der Waals surface area contributed by atoms with Gasteiger partial charge in [-0.05, 0) is 67.1 Å². The molecule has 1 saturated carbocycles. The third-order valence-electron chi connectivity index (χ3n) is 7.03. The van der Waals surface area contributed by atoms with Crippen LogP contribution in [-0.4, -0.2) is 0 Å². The maximum Gasteiger partial charge on any atom is 0.101 e. The first-order chi connectivity index (χ1) is 15.2. The number of aryl methyl sites for hydroxylation is 1. The first kappa shape index (κ1) is 23.1. The minimum absolute atomic E-state index is 0.411. The first-order valence-corrected chi connectivity index (χ1v) is 12.3. The lowest BCUT2D eigenvalue weighted by Gasteiger charge is -2.29. The third kappa shape index (κ3) is 5.77. The first-order valence-electron chi connectivity index (χ1n) is 12.3. The maximum absolute atomic E-state index is 9.95. The Morgan fingerprint density at radius 2 is 1.48 bits per heavy atom. The van der Waals surface area contributed by atoms with Gasteiger partial charge in [0.05, 0.1) is 11.1 Å². The quantitative estimate of drug-likeness (QED) is 0.389. The summed E-state index contributed by atoms with van der Waals surface area (Å²) in [6, 6.07) is 17.5. The number of hydrogen-bond acceptors (Lipinski definition) is 2. The molecule has 3 rings (SSSR count). The molecule has 0 bridgehead atoms. The standard InChI is InChI=1S/C29H36N2/c1-3-5-6-7-9-23-12-16-25(17-13-23)27-19-18-26(28(20-30)29(27)21-31)24-14-10-22(8-4-2)11-15-24/h12-13,16-19,22,24H,3-11,14-15H2,1-2H3/t22-,24-. The molecule has 0 heterocycles. The van der Waals surface area contributed by atoms with Gasteiger partial charge in [-0.3, -0.25) is 0 Å². The SMILES string of the molecule is CCCCCCc1ccc(-c2ccc([C@H]3CC[C@H](CCC)CC3)c(C#N)c2C#N)cc1. The molecular weight excluding hydrogens is 376 g/mol. The molecule has 2 aromatic rings. The van der Waals surface area contributed by atoms with Gasteiger partial charge in [0.25, 0.3) is 0 Å². The van der Waals surface area contributed by atoms with Crippen molar-refractivity contribution in [3.63, 3.8) is 0 Å². The molecule has 31 heavy (non-hydrogen) atoms. The second-order valence-corrected chi connectivity index (χ2v) is 9.19. The van der Waals surface area contributed by atoms with E-state index in [1.807, 2.05) is 0 Å². The molecule has 0 atom stereocenters. The van der Waals surface area contributed by atoms with Gasteiger partial charge >= 0.3 is 0 Å². The average molecular weight is 413 g/mol. The summed E-state index contributed by atoms with van der Waals surface area (Å²) in [6.45, 7) is 4.50. The van der Waals surface area contributed by atoms with Crippen LogP contribution in [0.5, 0.6) is 0 Å². The molecule has 0 saturated heterocycles. The number of hydrogen-bond donors (Lipinski definition) is 0. The van der Waals surface area contributed by atoms with E-state index in [0.29, 0.717) is 17.0 Å². The number of nitrogens with zero attached hydrogens (tertiary/aromatic N) is 2. The van der Waals surface area contributed by atoms with Gasteiger partial charge in [-0.25, -0.2) is 0 Å². The largest absolute Gasteiger partial charge is 0.192 e. The zero-order chi connectivity index (χ0) is 22.1. The van der Waals surface area contributed by atoms with Gasteiger partial charge in [0, 0.05) is 5.56 Å². The number of benzene rings is 2. The Bertz CT molecular complexity index is 919. The summed E-state index contributed by atoms with van der Waals surface area (Å²) < 4.78 is 0. The molecule has 162 valence electrons. The number of nitriles is 2. The van der Waals surface area contributed by atoms with Crippen LogP contribution in [0.2, 0.25) is 0 Å². The van der Waals surface area contributed by atoms with E-state index in [1.54, 1.807) is 0 Å². The van der Waals surface area contributed by atoms with Crippen LogP contribution in [0.4, 0.5) is 0 Å². The second-order valence-electron chi connectivity index (χ2n) is 9.19. The highest BCUT2D eigenvalue weighted by Crippen LogP contribution is 2.40. The van der Waals surface area contributed by atoms with Gasteiger partial charge in [0.15, 0.2) is 0 Å². The topological polar surface area (TPSA) is 47.6 Å². The lowest BCUT2D eigenvalue weighted by molar-refractivity contribution is 0.308. The van der Waals surface area contributed by atoms with Crippen LogP contribution in [0, 0.1) is 28.6 Å². The van der Waals surface area contributed by atoms with Crippen LogP contribution < -0.4 is 0 Å². The molecule has 0 spiro atoms. The summed E-state index contributed by atoms with van der Waals surface area (Å²) >= 11 is 0. The highest BCUT2D eigenvalue weighted by atomic mass is 14.3. The van der Waals surface area contributed by atoms with Crippen LogP contribution >= 0.6 is 0 Å². The minimum atomic E-state index is 0.411. The summed E-state index contributed by atoms with van der Waals surface area (Å²) in [6.07, 6.45) is 13.5. The van der Waals surface area contributed by atoms with Crippen molar-refractivity contribution in [2.45, 2.75) is 90.4 Å². The lowest BCUT2D eigenvalue weighted by Crippen LogP contribution is -2.14. The van der Waals surface area contributed by atoms with Crippen molar-refractivity contribution in [2.24, 2.45) is 5.92 Å². The Kier molecular flexibility index (Phi) is 8.73. The van der Waals surface area contributed by atoms with Crippen molar-refractivity contribution >= 4 is 0 Å². The molecule has 0 N–H and O–H groups in total. The smallest absolute Gasteiger partial charge is 0.101 e. The van der Waals surface area contributed by atoms with Crippen LogP contribution in [0.15, 0.2) is 36.4 Å². The number of unbranched alkanes of at least 4 members (excludes halogenated alkanes) is 3. The molecule has 1 fully saturated rings. The minimum Gasteiger partial charge on any atom is -0.192 e. The van der Waals surface area contributed by atoms with E-state index in [1.165, 1.54) is 56.9 Å². The zero-order valence-corrected chi connectivity index (χ0v) is 19.3. The fourth-order valence-electron chi connectivity index (χ4n) is 5.21. The number of rotatable bonds is 9. The molecule has 2 aromatic carbocycles. The summed E-state index contributed by atoms with van der Waals surface area (Å²) in [5, 5.41) is 19.9. The molecule has 0 aliphatic heterocycles. The average Bonchev–Trinajstić information content (AvgIpc) is 2.82. The monoisotopic (exact) mass is 412 g/mol.